The molecule has 1 heterocycles. The fourth-order valence-corrected chi connectivity index (χ4v) is 1.91. The molecule has 2 rings (SSSR count). The standard InChI is InChI=1S/C10H13NO3/c1-2-8-11-7-4-3-6(5-9(12)13)10(7)14-8/h6H,2-5H2,1H3,(H,12,13). The Kier molecular flexibility index (Phi) is 2.27. The maximum atomic E-state index is 10.6. The molecule has 0 aliphatic heterocycles. The number of fused-ring (bicyclic) bond motifs is 1. The number of nitrogens with zero attached hydrogens (tertiary/aromatic N) is 1. The minimum Gasteiger partial charge on any atom is -0.481 e. The van der Waals surface area contributed by atoms with Gasteiger partial charge in [-0.25, -0.2) is 4.98 Å². The van der Waals surface area contributed by atoms with Crippen LogP contribution in [0.15, 0.2) is 4.42 Å². The van der Waals surface area contributed by atoms with Crippen molar-refractivity contribution in [3.8, 4) is 0 Å². The number of oxazole rings is 1. The number of rotatable bonds is 3. The third-order valence-electron chi connectivity index (χ3n) is 2.60. The van der Waals surface area contributed by atoms with Crippen molar-refractivity contribution < 1.29 is 14.3 Å². The van der Waals surface area contributed by atoms with E-state index in [0.717, 1.165) is 36.6 Å². The zero-order valence-corrected chi connectivity index (χ0v) is 8.12. The Labute approximate surface area is 81.9 Å². The topological polar surface area (TPSA) is 63.3 Å². The van der Waals surface area contributed by atoms with E-state index in [1.165, 1.54) is 0 Å². The van der Waals surface area contributed by atoms with Gasteiger partial charge in [0.1, 0.15) is 5.76 Å². The summed E-state index contributed by atoms with van der Waals surface area (Å²) in [7, 11) is 0. The van der Waals surface area contributed by atoms with Gasteiger partial charge < -0.3 is 9.52 Å². The van der Waals surface area contributed by atoms with Crippen LogP contribution in [0.1, 0.15) is 43.0 Å². The predicted octanol–water partition coefficient (Wildman–Crippen LogP) is 1.74. The van der Waals surface area contributed by atoms with Gasteiger partial charge in [-0.05, 0) is 12.8 Å². The molecule has 0 bridgehead atoms. The fourth-order valence-electron chi connectivity index (χ4n) is 1.91. The highest BCUT2D eigenvalue weighted by Crippen LogP contribution is 2.35. The molecule has 1 aromatic rings. The normalized spacial score (nSPS) is 19.6. The van der Waals surface area contributed by atoms with Crippen molar-refractivity contribution in [1.82, 2.24) is 4.98 Å². The highest BCUT2D eigenvalue weighted by atomic mass is 16.4. The summed E-state index contributed by atoms with van der Waals surface area (Å²) in [5.74, 6) is 0.807. The molecule has 1 aromatic heterocycles. The van der Waals surface area contributed by atoms with Crippen LogP contribution in [0.2, 0.25) is 0 Å². The largest absolute Gasteiger partial charge is 0.481 e. The lowest BCUT2D eigenvalue weighted by atomic mass is 10.0. The third-order valence-corrected chi connectivity index (χ3v) is 2.60. The molecule has 1 atom stereocenters. The molecule has 0 saturated heterocycles. The van der Waals surface area contributed by atoms with Gasteiger partial charge in [0, 0.05) is 12.3 Å². The van der Waals surface area contributed by atoms with Crippen LogP contribution in [0.25, 0.3) is 0 Å². The lowest BCUT2D eigenvalue weighted by Crippen LogP contribution is -2.02. The zero-order valence-electron chi connectivity index (χ0n) is 8.12. The molecule has 0 spiro atoms. The van der Waals surface area contributed by atoms with Gasteiger partial charge in [-0.15, -0.1) is 0 Å². The molecule has 1 N–H and O–H groups in total. The Balaban J connectivity index is 2.20. The molecule has 0 amide bonds. The van der Waals surface area contributed by atoms with Crippen molar-refractivity contribution in [3.05, 3.63) is 17.3 Å². The first-order chi connectivity index (χ1) is 6.70. The average Bonchev–Trinajstić information content (AvgIpc) is 2.66. The molecule has 76 valence electrons. The first-order valence-corrected chi connectivity index (χ1v) is 4.91. The van der Waals surface area contributed by atoms with Gasteiger partial charge in [-0.2, -0.15) is 0 Å². The lowest BCUT2D eigenvalue weighted by molar-refractivity contribution is -0.137. The summed E-state index contributed by atoms with van der Waals surface area (Å²) in [5.41, 5.74) is 0.966. The van der Waals surface area contributed by atoms with E-state index in [1.807, 2.05) is 6.92 Å². The van der Waals surface area contributed by atoms with Crippen LogP contribution in [-0.2, 0) is 17.6 Å². The Morgan fingerprint density at radius 1 is 1.71 bits per heavy atom. The highest BCUT2D eigenvalue weighted by Gasteiger charge is 2.30. The van der Waals surface area contributed by atoms with Crippen LogP contribution >= 0.6 is 0 Å². The van der Waals surface area contributed by atoms with Crippen LogP contribution in [0, 0.1) is 0 Å². The van der Waals surface area contributed by atoms with E-state index in [9.17, 15) is 4.79 Å². The van der Waals surface area contributed by atoms with E-state index in [2.05, 4.69) is 4.98 Å². The average molecular weight is 195 g/mol. The Morgan fingerprint density at radius 2 is 2.50 bits per heavy atom. The summed E-state index contributed by atoms with van der Waals surface area (Å²) in [4.78, 5) is 14.9. The maximum absolute atomic E-state index is 10.6. The summed E-state index contributed by atoms with van der Waals surface area (Å²) in [6.07, 6.45) is 2.65. The molecular weight excluding hydrogens is 182 g/mol. The van der Waals surface area contributed by atoms with Crippen LogP contribution in [-0.4, -0.2) is 16.1 Å². The maximum Gasteiger partial charge on any atom is 0.304 e. The second-order valence-electron chi connectivity index (χ2n) is 3.61. The number of hydrogen-bond donors (Lipinski definition) is 1. The fraction of sp³-hybridized carbons (Fsp3) is 0.600. The first kappa shape index (κ1) is 9.24. The SMILES string of the molecule is CCc1nc2c(o1)C(CC(=O)O)CC2. The van der Waals surface area contributed by atoms with E-state index >= 15 is 0 Å². The van der Waals surface area contributed by atoms with Crippen molar-refractivity contribution in [2.45, 2.75) is 38.5 Å². The van der Waals surface area contributed by atoms with Crippen molar-refractivity contribution in [3.63, 3.8) is 0 Å². The number of aryl methyl sites for hydroxylation is 2. The third kappa shape index (κ3) is 1.52. The van der Waals surface area contributed by atoms with Crippen LogP contribution in [0.4, 0.5) is 0 Å². The molecule has 1 unspecified atom stereocenters. The molecule has 0 radical (unpaired) electrons. The first-order valence-electron chi connectivity index (χ1n) is 4.91. The van der Waals surface area contributed by atoms with Gasteiger partial charge in [0.15, 0.2) is 5.89 Å². The lowest BCUT2D eigenvalue weighted by Gasteiger charge is -2.03. The summed E-state index contributed by atoms with van der Waals surface area (Å²) < 4.78 is 5.51. The van der Waals surface area contributed by atoms with E-state index in [1.54, 1.807) is 0 Å². The van der Waals surface area contributed by atoms with Crippen molar-refractivity contribution in [2.24, 2.45) is 0 Å². The van der Waals surface area contributed by atoms with Gasteiger partial charge in [-0.3, -0.25) is 4.79 Å². The minimum absolute atomic E-state index is 0.0373. The van der Waals surface area contributed by atoms with Crippen LogP contribution in [0.5, 0.6) is 0 Å². The second kappa shape index (κ2) is 3.44. The second-order valence-corrected chi connectivity index (χ2v) is 3.61. The summed E-state index contributed by atoms with van der Waals surface area (Å²) >= 11 is 0. The Bertz CT molecular complexity index is 356. The van der Waals surface area contributed by atoms with Gasteiger partial charge in [0.25, 0.3) is 0 Å². The zero-order chi connectivity index (χ0) is 10.1. The summed E-state index contributed by atoms with van der Waals surface area (Å²) in [6, 6.07) is 0. The summed E-state index contributed by atoms with van der Waals surface area (Å²) in [6.45, 7) is 1.98. The number of carboxylic acid groups (broad SMARTS) is 1. The quantitative estimate of drug-likeness (QED) is 0.797. The molecule has 0 fully saturated rings. The minimum atomic E-state index is -0.766. The van der Waals surface area contributed by atoms with Gasteiger partial charge in [0.2, 0.25) is 0 Å². The number of aromatic nitrogens is 1. The van der Waals surface area contributed by atoms with E-state index in [0.29, 0.717) is 0 Å². The number of hydrogen-bond acceptors (Lipinski definition) is 3. The molecule has 1 aliphatic carbocycles. The smallest absolute Gasteiger partial charge is 0.304 e. The monoisotopic (exact) mass is 195 g/mol. The highest BCUT2D eigenvalue weighted by molar-refractivity contribution is 5.68. The number of carbonyl (C=O) groups is 1. The molecule has 4 nitrogen and oxygen atoms in total. The number of carboxylic acids is 1. The molecule has 0 aromatic carbocycles. The molecule has 4 heteroatoms. The molecule has 14 heavy (non-hydrogen) atoms. The van der Waals surface area contributed by atoms with E-state index in [4.69, 9.17) is 9.52 Å². The van der Waals surface area contributed by atoms with Gasteiger partial charge in [-0.1, -0.05) is 6.92 Å². The Morgan fingerprint density at radius 3 is 3.14 bits per heavy atom. The van der Waals surface area contributed by atoms with Crippen molar-refractivity contribution >= 4 is 5.97 Å². The van der Waals surface area contributed by atoms with E-state index < -0.39 is 5.97 Å². The summed E-state index contributed by atoms with van der Waals surface area (Å²) in [5, 5.41) is 8.70. The van der Waals surface area contributed by atoms with Crippen molar-refractivity contribution in [2.75, 3.05) is 0 Å². The molecule has 0 saturated carbocycles. The predicted molar refractivity (Wildman–Crippen MR) is 49.2 cm³/mol. The molecule has 1 aliphatic rings. The Hall–Kier alpha value is -1.32. The van der Waals surface area contributed by atoms with Crippen LogP contribution < -0.4 is 0 Å². The van der Waals surface area contributed by atoms with Crippen LogP contribution in [0.3, 0.4) is 0 Å². The van der Waals surface area contributed by atoms with E-state index in [-0.39, 0.29) is 12.3 Å². The number of aliphatic carboxylic acids is 1. The van der Waals surface area contributed by atoms with Crippen molar-refractivity contribution in [1.29, 1.82) is 0 Å². The molecular formula is C10H13NO3. The van der Waals surface area contributed by atoms with Gasteiger partial charge in [0.05, 0.1) is 12.1 Å². The van der Waals surface area contributed by atoms with Gasteiger partial charge >= 0.3 is 5.97 Å².